The highest BCUT2D eigenvalue weighted by atomic mass is 35.5. The van der Waals surface area contributed by atoms with Gasteiger partial charge in [-0.1, -0.05) is 67.1 Å². The second-order valence-corrected chi connectivity index (χ2v) is 11.4. The highest BCUT2D eigenvalue weighted by Gasteiger charge is 2.22. The summed E-state index contributed by atoms with van der Waals surface area (Å²) in [5, 5.41) is 5.66. The van der Waals surface area contributed by atoms with Crippen molar-refractivity contribution in [3.05, 3.63) is 119 Å². The number of benzene rings is 5. The van der Waals surface area contributed by atoms with Crippen LogP contribution in [0.3, 0.4) is 0 Å². The molecule has 0 fully saturated rings. The summed E-state index contributed by atoms with van der Waals surface area (Å²) >= 11 is 6.25. The van der Waals surface area contributed by atoms with Crippen molar-refractivity contribution >= 4 is 78.1 Å². The van der Waals surface area contributed by atoms with E-state index in [2.05, 4.69) is 73.0 Å². The van der Waals surface area contributed by atoms with E-state index in [4.69, 9.17) is 30.9 Å². The SMILES string of the molecule is C/C=C\c1c(CC)c2ccccc2n1-c1ccc(COc2c(N)ccc3oc4cc(Cl)ccc4c23)c2c1oc1ccccc12. The summed E-state index contributed by atoms with van der Waals surface area (Å²) in [6.07, 6.45) is 5.21. The minimum atomic E-state index is 0.290. The number of nitrogens with two attached hydrogens (primary N) is 1. The van der Waals surface area contributed by atoms with Crippen LogP contribution in [0.25, 0.3) is 66.5 Å². The number of allylic oxidation sites excluding steroid dienone is 1. The predicted octanol–water partition coefficient (Wildman–Crippen LogP) is 10.8. The third-order valence-electron chi connectivity index (χ3n) is 8.49. The van der Waals surface area contributed by atoms with Gasteiger partial charge < -0.3 is 23.9 Å². The Morgan fingerprint density at radius 1 is 0.818 bits per heavy atom. The average molecular weight is 597 g/mol. The molecule has 216 valence electrons. The van der Waals surface area contributed by atoms with Crippen molar-refractivity contribution < 1.29 is 13.6 Å². The number of anilines is 1. The van der Waals surface area contributed by atoms with Crippen molar-refractivity contribution in [2.24, 2.45) is 0 Å². The van der Waals surface area contributed by atoms with Gasteiger partial charge in [0.2, 0.25) is 0 Å². The van der Waals surface area contributed by atoms with E-state index in [-0.39, 0.29) is 6.61 Å². The van der Waals surface area contributed by atoms with Gasteiger partial charge in [-0.2, -0.15) is 0 Å². The first kappa shape index (κ1) is 26.5. The summed E-state index contributed by atoms with van der Waals surface area (Å²) < 4.78 is 21.7. The molecule has 0 saturated heterocycles. The molecule has 2 N–H and O–H groups in total. The molecule has 0 radical (unpaired) electrons. The van der Waals surface area contributed by atoms with Gasteiger partial charge in [-0.25, -0.2) is 0 Å². The molecule has 8 rings (SSSR count). The maximum Gasteiger partial charge on any atom is 0.159 e. The summed E-state index contributed by atoms with van der Waals surface area (Å²) in [6, 6.07) is 30.3. The van der Waals surface area contributed by atoms with Gasteiger partial charge in [-0.05, 0) is 67.4 Å². The molecule has 0 spiro atoms. The molecule has 5 aromatic carbocycles. The average Bonchev–Trinajstić information content (AvgIpc) is 3.70. The number of hydrogen-bond donors (Lipinski definition) is 1. The van der Waals surface area contributed by atoms with Crippen molar-refractivity contribution in [1.29, 1.82) is 0 Å². The van der Waals surface area contributed by atoms with Gasteiger partial charge in [0.1, 0.15) is 23.4 Å². The molecule has 0 aliphatic carbocycles. The molecule has 0 amide bonds. The standard InChI is InChI=1S/C38H29ClN2O3/c1-3-9-29-24(4-2)25-10-5-7-12-30(25)41(29)31-18-14-22(35-26-11-6-8-13-32(26)44-38(31)35)21-42-37-28(40)17-19-33-36(37)27-16-15-23(39)20-34(27)43-33/h3,5-20H,4,21,40H2,1-2H3/b9-3-. The van der Waals surface area contributed by atoms with Crippen LogP contribution in [0.1, 0.15) is 30.7 Å². The van der Waals surface area contributed by atoms with Gasteiger partial charge in [0.05, 0.1) is 22.3 Å². The Balaban J connectivity index is 1.33. The number of aryl methyl sites for hydroxylation is 1. The molecular formula is C38H29ClN2O3. The van der Waals surface area contributed by atoms with E-state index in [0.29, 0.717) is 27.6 Å². The van der Waals surface area contributed by atoms with Gasteiger partial charge in [0.25, 0.3) is 0 Å². The Hall–Kier alpha value is -5.13. The maximum absolute atomic E-state index is 6.65. The summed E-state index contributed by atoms with van der Waals surface area (Å²) in [5.41, 5.74) is 15.7. The van der Waals surface area contributed by atoms with Crippen LogP contribution in [0.15, 0.2) is 106 Å². The van der Waals surface area contributed by atoms with Crippen LogP contribution in [0.5, 0.6) is 5.75 Å². The van der Waals surface area contributed by atoms with Crippen LogP contribution in [-0.2, 0) is 13.0 Å². The quantitative estimate of drug-likeness (QED) is 0.194. The number of hydrogen-bond acceptors (Lipinski definition) is 4. The second kappa shape index (κ2) is 10.2. The molecule has 5 nitrogen and oxygen atoms in total. The third kappa shape index (κ3) is 3.93. The van der Waals surface area contributed by atoms with Gasteiger partial charge in [-0.15, -0.1) is 0 Å². The van der Waals surface area contributed by atoms with E-state index in [0.717, 1.165) is 61.6 Å². The molecule has 6 heteroatoms. The molecule has 0 atom stereocenters. The monoisotopic (exact) mass is 596 g/mol. The number of furan rings is 2. The second-order valence-electron chi connectivity index (χ2n) is 11.0. The topological polar surface area (TPSA) is 66.5 Å². The molecule has 8 aromatic rings. The van der Waals surface area contributed by atoms with Gasteiger partial charge in [-0.3, -0.25) is 0 Å². The lowest BCUT2D eigenvalue weighted by atomic mass is 10.0. The first-order valence-electron chi connectivity index (χ1n) is 14.8. The lowest BCUT2D eigenvalue weighted by Gasteiger charge is -2.14. The number of ether oxygens (including phenoxy) is 1. The first-order chi connectivity index (χ1) is 21.6. The van der Waals surface area contributed by atoms with Gasteiger partial charge in [0.15, 0.2) is 11.3 Å². The maximum atomic E-state index is 6.65. The Bertz CT molecular complexity index is 2420. The number of aromatic nitrogens is 1. The fourth-order valence-corrected chi connectivity index (χ4v) is 6.76. The molecule has 0 saturated carbocycles. The Morgan fingerprint density at radius 2 is 1.61 bits per heavy atom. The lowest BCUT2D eigenvalue weighted by Crippen LogP contribution is -2.02. The molecule has 3 heterocycles. The Kier molecular flexibility index (Phi) is 6.17. The number of nitrogen functional groups attached to an aromatic ring is 1. The molecular weight excluding hydrogens is 568 g/mol. The van der Waals surface area contributed by atoms with Crippen molar-refractivity contribution in [1.82, 2.24) is 4.57 Å². The summed E-state index contributed by atoms with van der Waals surface area (Å²) in [6.45, 7) is 4.56. The summed E-state index contributed by atoms with van der Waals surface area (Å²) in [5.74, 6) is 0.591. The number of para-hydroxylation sites is 2. The lowest BCUT2D eigenvalue weighted by molar-refractivity contribution is 0.313. The van der Waals surface area contributed by atoms with Crippen LogP contribution in [0.2, 0.25) is 5.02 Å². The fraction of sp³-hybridized carbons (Fsp3) is 0.105. The summed E-state index contributed by atoms with van der Waals surface area (Å²) in [7, 11) is 0. The smallest absolute Gasteiger partial charge is 0.159 e. The van der Waals surface area contributed by atoms with Crippen LogP contribution >= 0.6 is 11.6 Å². The number of fused-ring (bicyclic) bond motifs is 7. The third-order valence-corrected chi connectivity index (χ3v) is 8.72. The normalized spacial score (nSPS) is 12.2. The molecule has 44 heavy (non-hydrogen) atoms. The molecule has 0 unspecified atom stereocenters. The van der Waals surface area contributed by atoms with Crippen LogP contribution < -0.4 is 10.5 Å². The van der Waals surface area contributed by atoms with Gasteiger partial charge >= 0.3 is 0 Å². The number of nitrogens with zero attached hydrogens (tertiary/aromatic N) is 1. The summed E-state index contributed by atoms with van der Waals surface area (Å²) in [4.78, 5) is 0. The zero-order valence-corrected chi connectivity index (χ0v) is 25.1. The van der Waals surface area contributed by atoms with E-state index < -0.39 is 0 Å². The number of halogens is 1. The van der Waals surface area contributed by atoms with Crippen molar-refractivity contribution in [2.45, 2.75) is 26.9 Å². The molecule has 0 bridgehead atoms. The van der Waals surface area contributed by atoms with E-state index in [1.54, 1.807) is 0 Å². The van der Waals surface area contributed by atoms with E-state index in [1.165, 1.54) is 10.9 Å². The van der Waals surface area contributed by atoms with Gasteiger partial charge in [0, 0.05) is 43.9 Å². The number of rotatable bonds is 6. The van der Waals surface area contributed by atoms with Crippen LogP contribution in [-0.4, -0.2) is 4.57 Å². The van der Waals surface area contributed by atoms with Crippen molar-refractivity contribution in [2.75, 3.05) is 5.73 Å². The zero-order chi connectivity index (χ0) is 29.9. The fourth-order valence-electron chi connectivity index (χ4n) is 6.60. The molecule has 0 aliphatic heterocycles. The van der Waals surface area contributed by atoms with E-state index in [9.17, 15) is 0 Å². The molecule has 3 aromatic heterocycles. The van der Waals surface area contributed by atoms with Crippen molar-refractivity contribution in [3.8, 4) is 11.4 Å². The first-order valence-corrected chi connectivity index (χ1v) is 15.2. The zero-order valence-electron chi connectivity index (χ0n) is 24.4. The molecule has 0 aliphatic rings. The van der Waals surface area contributed by atoms with Crippen LogP contribution in [0, 0.1) is 0 Å². The van der Waals surface area contributed by atoms with Crippen molar-refractivity contribution in [3.63, 3.8) is 0 Å². The Labute approximate surface area is 258 Å². The minimum absolute atomic E-state index is 0.290. The van der Waals surface area contributed by atoms with E-state index in [1.807, 2.05) is 48.5 Å². The highest BCUT2D eigenvalue weighted by molar-refractivity contribution is 6.31. The highest BCUT2D eigenvalue weighted by Crippen LogP contribution is 2.42. The Morgan fingerprint density at radius 3 is 2.45 bits per heavy atom. The largest absolute Gasteiger partial charge is 0.486 e. The minimum Gasteiger partial charge on any atom is -0.486 e. The van der Waals surface area contributed by atoms with Crippen LogP contribution in [0.4, 0.5) is 5.69 Å². The predicted molar refractivity (Wildman–Crippen MR) is 182 cm³/mol. The van der Waals surface area contributed by atoms with E-state index >= 15 is 0 Å².